The highest BCUT2D eigenvalue weighted by molar-refractivity contribution is 6.26. The molecule has 1 aromatic heterocycles. The van der Waals surface area contributed by atoms with Crippen molar-refractivity contribution in [3.8, 4) is 0 Å². The van der Waals surface area contributed by atoms with Gasteiger partial charge in [0.1, 0.15) is 6.67 Å². The van der Waals surface area contributed by atoms with Crippen LogP contribution in [0.5, 0.6) is 0 Å². The van der Waals surface area contributed by atoms with Gasteiger partial charge in [0, 0.05) is 19.3 Å². The van der Waals surface area contributed by atoms with Crippen molar-refractivity contribution in [1.82, 2.24) is 14.7 Å². The molecular formula is C15H17ClF3N3O. The van der Waals surface area contributed by atoms with Crippen molar-refractivity contribution in [3.63, 3.8) is 0 Å². The monoisotopic (exact) mass is 347 g/mol. The van der Waals surface area contributed by atoms with Crippen LogP contribution in [-0.4, -0.2) is 37.7 Å². The van der Waals surface area contributed by atoms with E-state index in [4.69, 9.17) is 11.6 Å². The minimum absolute atomic E-state index is 0.108. The molecule has 1 amide bonds. The third kappa shape index (κ3) is 3.60. The lowest BCUT2D eigenvalue weighted by Gasteiger charge is -2.43. The molecule has 8 heteroatoms. The summed E-state index contributed by atoms with van der Waals surface area (Å²) in [5.74, 6) is -0.505. The van der Waals surface area contributed by atoms with E-state index in [0.717, 1.165) is 11.0 Å². The second kappa shape index (κ2) is 6.39. The molecule has 0 spiro atoms. The third-order valence-electron chi connectivity index (χ3n) is 3.84. The maximum absolute atomic E-state index is 13.5. The SMILES string of the molecule is CCC1(Cl)C=CC=C(C(F)(F)F)C1N(Cn1cccn1)C(C)=O. The predicted molar refractivity (Wildman–Crippen MR) is 80.7 cm³/mol. The van der Waals surface area contributed by atoms with Gasteiger partial charge in [0.25, 0.3) is 0 Å². The number of hydrogen-bond donors (Lipinski definition) is 0. The number of rotatable bonds is 4. The summed E-state index contributed by atoms with van der Waals surface area (Å²) in [5.41, 5.74) is -0.834. The summed E-state index contributed by atoms with van der Waals surface area (Å²) in [6, 6.07) is 0.314. The summed E-state index contributed by atoms with van der Waals surface area (Å²) in [5, 5.41) is 3.96. The number of hydrogen-bond acceptors (Lipinski definition) is 2. The van der Waals surface area contributed by atoms with Crippen molar-refractivity contribution < 1.29 is 18.0 Å². The lowest BCUT2D eigenvalue weighted by Crippen LogP contribution is -2.55. The van der Waals surface area contributed by atoms with E-state index in [1.807, 2.05) is 0 Å². The van der Waals surface area contributed by atoms with Gasteiger partial charge in [-0.2, -0.15) is 18.3 Å². The lowest BCUT2D eigenvalue weighted by molar-refractivity contribution is -0.137. The molecule has 0 radical (unpaired) electrons. The number of halogens is 4. The highest BCUT2D eigenvalue weighted by Crippen LogP contribution is 2.43. The number of allylic oxidation sites excluding steroid dienone is 2. The Labute approximate surface area is 137 Å². The Kier molecular flexibility index (Phi) is 4.89. The molecule has 2 atom stereocenters. The number of amides is 1. The van der Waals surface area contributed by atoms with Crippen LogP contribution in [-0.2, 0) is 11.5 Å². The van der Waals surface area contributed by atoms with Crippen LogP contribution in [0.3, 0.4) is 0 Å². The fourth-order valence-electron chi connectivity index (χ4n) is 2.64. The zero-order valence-corrected chi connectivity index (χ0v) is 13.5. The van der Waals surface area contributed by atoms with Crippen LogP contribution in [0.2, 0.25) is 0 Å². The van der Waals surface area contributed by atoms with Crippen LogP contribution < -0.4 is 0 Å². The van der Waals surface area contributed by atoms with Crippen LogP contribution in [0.25, 0.3) is 0 Å². The van der Waals surface area contributed by atoms with E-state index >= 15 is 0 Å². The van der Waals surface area contributed by atoms with Gasteiger partial charge in [-0.05, 0) is 12.5 Å². The van der Waals surface area contributed by atoms with E-state index in [1.165, 1.54) is 30.0 Å². The minimum Gasteiger partial charge on any atom is -0.314 e. The molecule has 0 fully saturated rings. The summed E-state index contributed by atoms with van der Waals surface area (Å²) in [4.78, 5) is 11.8. The quantitative estimate of drug-likeness (QED) is 0.782. The second-order valence-corrected chi connectivity index (χ2v) is 6.04. The van der Waals surface area contributed by atoms with Crippen LogP contribution >= 0.6 is 11.6 Å². The molecule has 2 unspecified atom stereocenters. The zero-order chi connectivity index (χ0) is 17.3. The van der Waals surface area contributed by atoms with E-state index < -0.39 is 28.6 Å². The summed E-state index contributed by atoms with van der Waals surface area (Å²) in [6.07, 6.45) is 2.50. The van der Waals surface area contributed by atoms with Crippen molar-refractivity contribution in [2.24, 2.45) is 0 Å². The molecule has 1 aliphatic rings. The predicted octanol–water partition coefficient (Wildman–Crippen LogP) is 3.50. The molecule has 0 aromatic carbocycles. The second-order valence-electron chi connectivity index (χ2n) is 5.34. The van der Waals surface area contributed by atoms with Gasteiger partial charge in [0.05, 0.1) is 16.5 Å². The molecule has 1 aromatic rings. The Balaban J connectivity index is 2.48. The molecule has 1 heterocycles. The first-order valence-electron chi connectivity index (χ1n) is 7.09. The maximum Gasteiger partial charge on any atom is 0.414 e. The Morgan fingerprint density at radius 3 is 2.70 bits per heavy atom. The molecule has 1 aliphatic carbocycles. The normalized spacial score (nSPS) is 24.4. The Hall–Kier alpha value is -1.76. The Bertz CT molecular complexity index is 624. The average Bonchev–Trinajstić information content (AvgIpc) is 2.97. The van der Waals surface area contributed by atoms with E-state index in [0.29, 0.717) is 0 Å². The van der Waals surface area contributed by atoms with Gasteiger partial charge in [-0.15, -0.1) is 11.6 Å². The Morgan fingerprint density at radius 2 is 2.22 bits per heavy atom. The number of alkyl halides is 4. The number of carbonyl (C=O) groups is 1. The largest absolute Gasteiger partial charge is 0.414 e. The average molecular weight is 348 g/mol. The smallest absolute Gasteiger partial charge is 0.314 e. The highest BCUT2D eigenvalue weighted by Gasteiger charge is 2.51. The van der Waals surface area contributed by atoms with Crippen LogP contribution in [0, 0.1) is 0 Å². The zero-order valence-electron chi connectivity index (χ0n) is 12.7. The van der Waals surface area contributed by atoms with Crippen molar-refractivity contribution in [2.75, 3.05) is 0 Å². The molecule has 0 N–H and O–H groups in total. The first kappa shape index (κ1) is 17.6. The lowest BCUT2D eigenvalue weighted by atomic mass is 9.84. The van der Waals surface area contributed by atoms with Crippen molar-refractivity contribution in [3.05, 3.63) is 42.3 Å². The van der Waals surface area contributed by atoms with Crippen LogP contribution in [0.4, 0.5) is 13.2 Å². The van der Waals surface area contributed by atoms with Gasteiger partial charge in [0.2, 0.25) is 5.91 Å². The van der Waals surface area contributed by atoms with E-state index in [-0.39, 0.29) is 13.1 Å². The number of nitrogens with zero attached hydrogens (tertiary/aromatic N) is 3. The van der Waals surface area contributed by atoms with E-state index in [2.05, 4.69) is 5.10 Å². The van der Waals surface area contributed by atoms with Crippen LogP contribution in [0.1, 0.15) is 20.3 Å². The van der Waals surface area contributed by atoms with Crippen LogP contribution in [0.15, 0.2) is 42.3 Å². The molecule has 2 rings (SSSR count). The van der Waals surface area contributed by atoms with Gasteiger partial charge < -0.3 is 4.90 Å². The van der Waals surface area contributed by atoms with Gasteiger partial charge in [-0.25, -0.2) is 0 Å². The molecule has 0 aliphatic heterocycles. The number of carbonyl (C=O) groups excluding carboxylic acids is 1. The van der Waals surface area contributed by atoms with E-state index in [1.54, 1.807) is 19.2 Å². The van der Waals surface area contributed by atoms with Crippen molar-refractivity contribution in [2.45, 2.75) is 44.0 Å². The maximum atomic E-state index is 13.5. The molecule has 0 saturated carbocycles. The summed E-state index contributed by atoms with van der Waals surface area (Å²) in [7, 11) is 0. The molecular weight excluding hydrogens is 331 g/mol. The number of aromatic nitrogens is 2. The third-order valence-corrected chi connectivity index (χ3v) is 4.44. The molecule has 126 valence electrons. The topological polar surface area (TPSA) is 38.1 Å². The fourth-order valence-corrected chi connectivity index (χ4v) is 2.95. The fraction of sp³-hybridized carbons (Fsp3) is 0.467. The summed E-state index contributed by atoms with van der Waals surface area (Å²) < 4.78 is 41.7. The van der Waals surface area contributed by atoms with Crippen molar-refractivity contribution >= 4 is 17.5 Å². The molecule has 23 heavy (non-hydrogen) atoms. The standard InChI is InChI=1S/C15H17ClF3N3O/c1-3-14(16)7-4-6-12(15(17,18)19)13(14)22(11(2)23)10-21-9-5-8-20-21/h4-9,13H,3,10H2,1-2H3. The highest BCUT2D eigenvalue weighted by atomic mass is 35.5. The van der Waals surface area contributed by atoms with Gasteiger partial charge >= 0.3 is 6.18 Å². The molecule has 0 saturated heterocycles. The first-order valence-corrected chi connectivity index (χ1v) is 7.47. The Morgan fingerprint density at radius 1 is 1.52 bits per heavy atom. The molecule has 4 nitrogen and oxygen atoms in total. The van der Waals surface area contributed by atoms with Crippen molar-refractivity contribution in [1.29, 1.82) is 0 Å². The van der Waals surface area contributed by atoms with Gasteiger partial charge in [-0.3, -0.25) is 9.48 Å². The van der Waals surface area contributed by atoms with Gasteiger partial charge in [-0.1, -0.05) is 25.2 Å². The molecule has 0 bridgehead atoms. The minimum atomic E-state index is -4.58. The van der Waals surface area contributed by atoms with E-state index in [9.17, 15) is 18.0 Å². The summed E-state index contributed by atoms with van der Waals surface area (Å²) >= 11 is 6.45. The first-order chi connectivity index (χ1) is 10.7. The summed E-state index contributed by atoms with van der Waals surface area (Å²) in [6.45, 7) is 2.81. The van der Waals surface area contributed by atoms with Gasteiger partial charge in [0.15, 0.2) is 0 Å².